The van der Waals surface area contributed by atoms with Gasteiger partial charge in [0.15, 0.2) is 0 Å². The molecule has 0 aliphatic rings. The van der Waals surface area contributed by atoms with E-state index < -0.39 is 44.0 Å². The molecule has 0 aliphatic heterocycles. The van der Waals surface area contributed by atoms with Crippen LogP contribution in [0, 0.1) is 6.92 Å². The van der Waals surface area contributed by atoms with Crippen LogP contribution in [0.3, 0.4) is 0 Å². The third-order valence-corrected chi connectivity index (χ3v) is 15.2. The van der Waals surface area contributed by atoms with Gasteiger partial charge in [0.1, 0.15) is 36.2 Å². The number of ether oxygens (including phenoxy) is 2. The van der Waals surface area contributed by atoms with Crippen LogP contribution < -0.4 is 9.47 Å². The number of rotatable bonds is 16. The zero-order valence-corrected chi connectivity index (χ0v) is 35.8. The van der Waals surface area contributed by atoms with Gasteiger partial charge in [-0.3, -0.25) is 0 Å². The molecule has 0 radical (unpaired) electrons. The molecule has 6 nitrogen and oxygen atoms in total. The van der Waals surface area contributed by atoms with E-state index in [1.165, 1.54) is 12.1 Å². The lowest BCUT2D eigenvalue weighted by atomic mass is 9.76. The van der Waals surface area contributed by atoms with E-state index in [2.05, 4.69) is 20.8 Å². The molecule has 0 saturated carbocycles. The Morgan fingerprint density at radius 3 is 1.19 bits per heavy atom. The molecule has 0 heterocycles. The van der Waals surface area contributed by atoms with Crippen molar-refractivity contribution in [3.63, 3.8) is 0 Å². The summed E-state index contributed by atoms with van der Waals surface area (Å²) in [4.78, 5) is 0.742. The maximum absolute atomic E-state index is 15.0. The Kier molecular flexibility index (Phi) is 12.5. The van der Waals surface area contributed by atoms with E-state index in [9.17, 15) is 25.6 Å². The molecular formula is C49H50F2O6S2. The predicted molar refractivity (Wildman–Crippen MR) is 229 cm³/mol. The second-order valence-corrected chi connectivity index (χ2v) is 19.7. The Balaban J connectivity index is 1.14. The van der Waals surface area contributed by atoms with Crippen molar-refractivity contribution in [2.24, 2.45) is 0 Å². The van der Waals surface area contributed by atoms with Gasteiger partial charge in [0.2, 0.25) is 19.7 Å². The first-order chi connectivity index (χ1) is 28.0. The maximum atomic E-state index is 15.0. The minimum absolute atomic E-state index is 0.0607. The summed E-state index contributed by atoms with van der Waals surface area (Å²) in [5, 5.41) is 0. The highest BCUT2D eigenvalue weighted by atomic mass is 32.2. The van der Waals surface area contributed by atoms with Crippen LogP contribution in [-0.2, 0) is 36.1 Å². The Morgan fingerprint density at radius 2 is 0.797 bits per heavy atom. The van der Waals surface area contributed by atoms with Crippen molar-refractivity contribution in [3.8, 4) is 17.2 Å². The molecule has 0 aliphatic carbocycles. The van der Waals surface area contributed by atoms with E-state index in [4.69, 9.17) is 9.47 Å². The average molecular weight is 837 g/mol. The van der Waals surface area contributed by atoms with Crippen LogP contribution in [0.15, 0.2) is 165 Å². The largest absolute Gasteiger partial charge is 0.483 e. The first-order valence-corrected chi connectivity index (χ1v) is 22.6. The molecule has 6 aromatic rings. The van der Waals surface area contributed by atoms with Crippen molar-refractivity contribution < 1.29 is 35.1 Å². The minimum Gasteiger partial charge on any atom is -0.483 e. The van der Waals surface area contributed by atoms with E-state index >= 15 is 0 Å². The van der Waals surface area contributed by atoms with Gasteiger partial charge >= 0.3 is 0 Å². The Hall–Kier alpha value is -5.32. The van der Waals surface area contributed by atoms with E-state index in [0.29, 0.717) is 34.8 Å². The van der Waals surface area contributed by atoms with Gasteiger partial charge in [0.25, 0.3) is 0 Å². The van der Waals surface area contributed by atoms with Gasteiger partial charge in [-0.05, 0) is 139 Å². The molecular weight excluding hydrogens is 787 g/mol. The van der Waals surface area contributed by atoms with Crippen LogP contribution in [0.2, 0.25) is 0 Å². The van der Waals surface area contributed by atoms with Gasteiger partial charge in [-0.25, -0.2) is 25.6 Å². The van der Waals surface area contributed by atoms with Gasteiger partial charge in [-0.1, -0.05) is 93.9 Å². The fraction of sp³-hybridized carbons (Fsp3) is 0.265. The Bertz CT molecular complexity index is 2570. The predicted octanol–water partition coefficient (Wildman–Crippen LogP) is 12.1. The molecule has 0 saturated heterocycles. The quantitative estimate of drug-likeness (QED) is 0.0965. The highest BCUT2D eigenvalue weighted by molar-refractivity contribution is 7.91. The van der Waals surface area contributed by atoms with Crippen LogP contribution in [0.4, 0.5) is 8.78 Å². The smallest absolute Gasteiger partial charge is 0.206 e. The highest BCUT2D eigenvalue weighted by Crippen LogP contribution is 2.38. The zero-order chi connectivity index (χ0) is 42.6. The van der Waals surface area contributed by atoms with Crippen LogP contribution in [0.1, 0.15) is 75.3 Å². The summed E-state index contributed by atoms with van der Waals surface area (Å²) in [6, 6.07) is 39.7. The molecule has 0 spiro atoms. The van der Waals surface area contributed by atoms with Crippen LogP contribution in [0.25, 0.3) is 0 Å². The number of halogens is 2. The minimum atomic E-state index is -3.75. The Labute approximate surface area is 347 Å². The second-order valence-electron chi connectivity index (χ2n) is 15.8. The maximum Gasteiger partial charge on any atom is 0.206 e. The van der Waals surface area contributed by atoms with E-state index in [1.54, 1.807) is 121 Å². The summed E-state index contributed by atoms with van der Waals surface area (Å²) < 4.78 is 95.5. The first-order valence-electron chi connectivity index (χ1n) is 19.6. The number of sulfone groups is 2. The lowest BCUT2D eigenvalue weighted by molar-refractivity contribution is 0.0824. The monoisotopic (exact) mass is 836 g/mol. The van der Waals surface area contributed by atoms with Crippen LogP contribution in [-0.4, -0.2) is 30.2 Å². The van der Waals surface area contributed by atoms with Gasteiger partial charge in [0, 0.05) is 0 Å². The molecule has 308 valence electrons. The molecule has 0 amide bonds. The second kappa shape index (κ2) is 17.1. The van der Waals surface area contributed by atoms with Crippen molar-refractivity contribution in [2.45, 2.75) is 90.4 Å². The molecule has 6 rings (SSSR count). The normalized spacial score (nSPS) is 13.4. The van der Waals surface area contributed by atoms with Crippen LogP contribution in [0.5, 0.6) is 17.2 Å². The molecule has 10 heteroatoms. The summed E-state index contributed by atoms with van der Waals surface area (Å²) >= 11 is 0. The molecule has 0 N–H and O–H groups in total. The molecule has 6 aromatic carbocycles. The summed E-state index contributed by atoms with van der Waals surface area (Å²) in [5.74, 6) is 1.29. The lowest BCUT2D eigenvalue weighted by Gasteiger charge is -2.32. The van der Waals surface area contributed by atoms with Crippen molar-refractivity contribution in [1.29, 1.82) is 0 Å². The summed E-state index contributed by atoms with van der Waals surface area (Å²) in [6.07, 6.45) is 1.48. The molecule has 1 unspecified atom stereocenters. The van der Waals surface area contributed by atoms with Gasteiger partial charge in [-0.2, -0.15) is 0 Å². The number of hydrogen-bond donors (Lipinski definition) is 0. The number of alkyl halides is 2. The fourth-order valence-corrected chi connectivity index (χ4v) is 9.40. The lowest BCUT2D eigenvalue weighted by Crippen LogP contribution is -2.33. The summed E-state index contributed by atoms with van der Waals surface area (Å²) in [7, 11) is -7.44. The van der Waals surface area contributed by atoms with Gasteiger partial charge in [-0.15, -0.1) is 0 Å². The van der Waals surface area contributed by atoms with Crippen molar-refractivity contribution >= 4 is 19.7 Å². The fourth-order valence-electron chi connectivity index (χ4n) is 6.88. The van der Waals surface area contributed by atoms with Crippen LogP contribution >= 0.6 is 0 Å². The highest BCUT2D eigenvalue weighted by Gasteiger charge is 2.36. The Morgan fingerprint density at radius 1 is 0.458 bits per heavy atom. The molecule has 0 aromatic heterocycles. The average Bonchev–Trinajstić information content (AvgIpc) is 3.25. The zero-order valence-electron chi connectivity index (χ0n) is 34.2. The number of hydrogen-bond acceptors (Lipinski definition) is 6. The van der Waals surface area contributed by atoms with E-state index in [0.717, 1.165) is 23.1 Å². The van der Waals surface area contributed by atoms with Crippen molar-refractivity contribution in [1.82, 2.24) is 0 Å². The summed E-state index contributed by atoms with van der Waals surface area (Å²) in [6.45, 7) is 10.1. The van der Waals surface area contributed by atoms with Crippen molar-refractivity contribution in [3.05, 3.63) is 173 Å². The summed E-state index contributed by atoms with van der Waals surface area (Å²) in [5.41, 5.74) is 1.18. The van der Waals surface area contributed by atoms with Gasteiger partial charge < -0.3 is 9.47 Å². The topological polar surface area (TPSA) is 86.7 Å². The molecule has 0 fully saturated rings. The third kappa shape index (κ3) is 8.85. The first kappa shape index (κ1) is 43.3. The van der Waals surface area contributed by atoms with E-state index in [1.807, 2.05) is 32.9 Å². The van der Waals surface area contributed by atoms with Crippen molar-refractivity contribution in [2.75, 3.05) is 13.3 Å². The SMILES string of the molecule is CCC(C)(C)c1ccc(S(=O)(=O)c2ccc(Oc3ccc(C(CF)(CF)c4ccc(OC(C)(CC)c5ccc(S(=O)(=O)c6ccc(C)cc6)cc5)cc4)cc3)cc2)cc1. The molecule has 59 heavy (non-hydrogen) atoms. The number of benzene rings is 6. The molecule has 0 bridgehead atoms. The molecule has 1 atom stereocenters. The van der Waals surface area contributed by atoms with Gasteiger partial charge in [0.05, 0.1) is 25.0 Å². The standard InChI is InChI=1S/C49H50F2O6S2/c1-7-47(4,5)36-15-27-44(28-16-36)59(54,55)46-31-23-41(24-32-46)56-40-19-11-38(12-20-40)49(33-50,34-51)39-13-21-42(22-14-39)57-48(6,8-2)37-17-29-45(30-18-37)58(52,53)43-25-9-35(3)10-26-43/h9-32H,7-8,33-34H2,1-6H3. The number of aryl methyl sites for hydroxylation is 1. The van der Waals surface area contributed by atoms with E-state index in [-0.39, 0.29) is 25.0 Å². The third-order valence-electron chi connectivity index (χ3n) is 11.6.